The van der Waals surface area contributed by atoms with Gasteiger partial charge >= 0.3 is 0 Å². The van der Waals surface area contributed by atoms with Gasteiger partial charge in [-0.25, -0.2) is 4.39 Å². The minimum absolute atomic E-state index is 0.0430. The summed E-state index contributed by atoms with van der Waals surface area (Å²) in [6.07, 6.45) is 2.83. The Morgan fingerprint density at radius 2 is 1.86 bits per heavy atom. The van der Waals surface area contributed by atoms with E-state index in [1.54, 1.807) is 14.7 Å². The van der Waals surface area contributed by atoms with Gasteiger partial charge in [0.1, 0.15) is 5.67 Å². The first kappa shape index (κ1) is 29.8. The van der Waals surface area contributed by atoms with Crippen molar-refractivity contribution in [1.82, 2.24) is 4.90 Å². The second-order valence-corrected chi connectivity index (χ2v) is 13.1. The molecule has 0 saturated carbocycles. The maximum absolute atomic E-state index is 16.1. The Morgan fingerprint density at radius 3 is 2.56 bits per heavy atom. The third-order valence-electron chi connectivity index (χ3n) is 10.0. The second kappa shape index (κ2) is 11.3. The molecule has 1 spiro atoms. The van der Waals surface area contributed by atoms with Gasteiger partial charge in [0.15, 0.2) is 5.60 Å². The number of carbonyl (C=O) groups is 3. The first-order valence-electron chi connectivity index (χ1n) is 15.6. The van der Waals surface area contributed by atoms with E-state index in [4.69, 9.17) is 4.74 Å². The number of halogens is 1. The summed E-state index contributed by atoms with van der Waals surface area (Å²) in [7, 11) is 0. The van der Waals surface area contributed by atoms with E-state index in [0.29, 0.717) is 43.0 Å². The quantitative estimate of drug-likeness (QED) is 0.504. The Balaban J connectivity index is 1.43. The Labute approximate surface area is 252 Å². The highest BCUT2D eigenvalue weighted by molar-refractivity contribution is 6.08. The van der Waals surface area contributed by atoms with Crippen LogP contribution in [0.3, 0.4) is 0 Å². The molecule has 0 unspecified atom stereocenters. The van der Waals surface area contributed by atoms with Crippen molar-refractivity contribution >= 4 is 29.1 Å². The number of amides is 3. The van der Waals surface area contributed by atoms with Crippen LogP contribution in [0.25, 0.3) is 0 Å². The summed E-state index contributed by atoms with van der Waals surface area (Å²) in [5.74, 6) is -1.78. The maximum Gasteiger partial charge on any atom is 0.264 e. The fourth-order valence-electron chi connectivity index (χ4n) is 8.05. The predicted octanol–water partition coefficient (Wildman–Crippen LogP) is 4.72. The van der Waals surface area contributed by atoms with Crippen LogP contribution < -0.4 is 9.80 Å². The van der Waals surface area contributed by atoms with E-state index >= 15 is 4.39 Å². The van der Waals surface area contributed by atoms with Crippen LogP contribution in [0.15, 0.2) is 48.5 Å². The molecule has 2 aromatic rings. The average molecular weight is 592 g/mol. The first-order valence-corrected chi connectivity index (χ1v) is 15.6. The lowest BCUT2D eigenvalue weighted by Gasteiger charge is -2.33. The van der Waals surface area contributed by atoms with E-state index < -0.39 is 29.2 Å². The highest BCUT2D eigenvalue weighted by atomic mass is 19.1. The second-order valence-electron chi connectivity index (χ2n) is 13.1. The molecule has 9 heteroatoms. The van der Waals surface area contributed by atoms with E-state index in [9.17, 15) is 19.5 Å². The molecule has 0 bridgehead atoms. The molecule has 8 nitrogen and oxygen atoms in total. The Bertz CT molecular complexity index is 1390. The van der Waals surface area contributed by atoms with Crippen LogP contribution in [-0.2, 0) is 31.3 Å². The molecule has 0 aliphatic carbocycles. The molecule has 3 fully saturated rings. The van der Waals surface area contributed by atoms with Gasteiger partial charge in [-0.1, -0.05) is 37.3 Å². The molecular formula is C34H42FN3O5. The lowest BCUT2D eigenvalue weighted by atomic mass is 9.71. The van der Waals surface area contributed by atoms with Gasteiger partial charge in [0.05, 0.1) is 37.4 Å². The van der Waals surface area contributed by atoms with Crippen molar-refractivity contribution in [2.45, 2.75) is 89.3 Å². The number of piperidine rings is 1. The van der Waals surface area contributed by atoms with Crippen molar-refractivity contribution in [2.75, 3.05) is 29.5 Å². The predicted molar refractivity (Wildman–Crippen MR) is 161 cm³/mol. The van der Waals surface area contributed by atoms with Gasteiger partial charge in [0.25, 0.3) is 5.91 Å². The fraction of sp³-hybridized carbons (Fsp3) is 0.559. The van der Waals surface area contributed by atoms with E-state index in [1.807, 2.05) is 55.5 Å². The Morgan fingerprint density at radius 1 is 1.09 bits per heavy atom. The molecule has 4 heterocycles. The van der Waals surface area contributed by atoms with E-state index in [0.717, 1.165) is 31.2 Å². The van der Waals surface area contributed by atoms with Crippen LogP contribution >= 0.6 is 0 Å². The van der Waals surface area contributed by atoms with Crippen LogP contribution in [0.2, 0.25) is 0 Å². The third-order valence-corrected chi connectivity index (χ3v) is 10.0. The number of likely N-dealkylation sites (tertiary alicyclic amines) is 1. The lowest BCUT2D eigenvalue weighted by Crippen LogP contribution is -2.45. The number of aliphatic hydroxyl groups excluding tert-OH is 1. The summed E-state index contributed by atoms with van der Waals surface area (Å²) in [5, 5.41) is 9.82. The number of anilines is 2. The van der Waals surface area contributed by atoms with Crippen molar-refractivity contribution in [3.8, 4) is 0 Å². The summed E-state index contributed by atoms with van der Waals surface area (Å²) in [6, 6.07) is 15.1. The summed E-state index contributed by atoms with van der Waals surface area (Å²) < 4.78 is 22.9. The number of benzene rings is 2. The Hall–Kier alpha value is -3.30. The zero-order valence-electron chi connectivity index (χ0n) is 25.3. The molecule has 2 aromatic carbocycles. The zero-order valence-corrected chi connectivity index (χ0v) is 25.3. The molecule has 3 amide bonds. The molecule has 3 saturated heterocycles. The van der Waals surface area contributed by atoms with Crippen LogP contribution in [0, 0.1) is 11.8 Å². The SMILES string of the molecule is C[C@@H]1[C@@H](C(C)(C)F)[C@H](CC(=O)N2CCC[C@H]2CO)O[C@@]12C(=O)N(Cc1ccccc1)c1ccc(N3CCCCC3=O)cc12. The van der Waals surface area contributed by atoms with Gasteiger partial charge in [0, 0.05) is 42.6 Å². The van der Waals surface area contributed by atoms with Crippen molar-refractivity contribution in [1.29, 1.82) is 0 Å². The van der Waals surface area contributed by atoms with Gasteiger partial charge in [-0.2, -0.15) is 0 Å². The van der Waals surface area contributed by atoms with Crippen molar-refractivity contribution in [3.63, 3.8) is 0 Å². The molecule has 0 aromatic heterocycles. The van der Waals surface area contributed by atoms with Gasteiger partial charge in [-0.3, -0.25) is 14.4 Å². The highest BCUT2D eigenvalue weighted by Crippen LogP contribution is 2.59. The van der Waals surface area contributed by atoms with Gasteiger partial charge in [0.2, 0.25) is 11.8 Å². The van der Waals surface area contributed by atoms with Gasteiger partial charge < -0.3 is 24.5 Å². The van der Waals surface area contributed by atoms with Gasteiger partial charge in [-0.05, 0) is 63.3 Å². The molecule has 0 radical (unpaired) electrons. The van der Waals surface area contributed by atoms with Crippen molar-refractivity contribution in [2.24, 2.45) is 11.8 Å². The minimum atomic E-state index is -1.75. The number of ether oxygens (including phenoxy) is 1. The number of aliphatic hydroxyl groups is 1. The number of fused-ring (bicyclic) bond motifs is 2. The van der Waals surface area contributed by atoms with E-state index in [2.05, 4.69) is 0 Å². The number of nitrogens with zero attached hydrogens (tertiary/aromatic N) is 3. The van der Waals surface area contributed by atoms with E-state index in [-0.39, 0.29) is 36.8 Å². The zero-order chi connectivity index (χ0) is 30.5. The molecule has 1 N–H and O–H groups in total. The lowest BCUT2D eigenvalue weighted by molar-refractivity contribution is -0.150. The van der Waals surface area contributed by atoms with Crippen molar-refractivity contribution < 1.29 is 28.6 Å². The topological polar surface area (TPSA) is 90.4 Å². The summed E-state index contributed by atoms with van der Waals surface area (Å²) >= 11 is 0. The van der Waals surface area contributed by atoms with Crippen molar-refractivity contribution in [3.05, 3.63) is 59.7 Å². The van der Waals surface area contributed by atoms with Crippen LogP contribution in [0.5, 0.6) is 0 Å². The maximum atomic E-state index is 16.1. The molecular weight excluding hydrogens is 549 g/mol. The highest BCUT2D eigenvalue weighted by Gasteiger charge is 2.66. The fourth-order valence-corrected chi connectivity index (χ4v) is 8.05. The molecule has 4 aliphatic rings. The normalized spacial score (nSPS) is 29.2. The summed E-state index contributed by atoms with van der Waals surface area (Å²) in [6.45, 7) is 6.17. The minimum Gasteiger partial charge on any atom is -0.394 e. The first-order chi connectivity index (χ1) is 20.6. The third kappa shape index (κ3) is 5.04. The average Bonchev–Trinajstić information content (AvgIpc) is 3.64. The molecule has 6 rings (SSSR count). The Kier molecular flexibility index (Phi) is 7.84. The van der Waals surface area contributed by atoms with Crippen LogP contribution in [-0.4, -0.2) is 65.2 Å². The van der Waals surface area contributed by atoms with E-state index in [1.165, 1.54) is 13.8 Å². The number of alkyl halides is 1. The van der Waals surface area contributed by atoms with Crippen LogP contribution in [0.4, 0.5) is 15.8 Å². The molecule has 4 aliphatic heterocycles. The smallest absolute Gasteiger partial charge is 0.264 e. The summed E-state index contributed by atoms with van der Waals surface area (Å²) in [5.41, 5.74) is -0.321. The number of rotatable bonds is 7. The number of carbonyl (C=O) groups excluding carboxylic acids is 3. The van der Waals surface area contributed by atoms with Crippen LogP contribution in [0.1, 0.15) is 70.4 Å². The number of hydrogen-bond donors (Lipinski definition) is 1. The number of hydrogen-bond acceptors (Lipinski definition) is 5. The molecule has 230 valence electrons. The monoisotopic (exact) mass is 591 g/mol. The largest absolute Gasteiger partial charge is 0.394 e. The standard InChI is InChI=1S/C34H42FN3O5/c1-22-31(33(2,3)35)28(19-30(41)37-17-9-12-25(37)21-39)43-34(22)26-18-24(36-16-8-7-13-29(36)40)14-15-27(26)38(32(34)42)20-23-10-5-4-6-11-23/h4-6,10-11,14-15,18,22,25,28,31,39H,7-9,12-13,16-17,19-21H2,1-3H3/t22-,25+,28+,31-,34+/m1/s1. The molecule has 43 heavy (non-hydrogen) atoms. The van der Waals surface area contributed by atoms with Gasteiger partial charge in [-0.15, -0.1) is 0 Å². The summed E-state index contributed by atoms with van der Waals surface area (Å²) in [4.78, 5) is 46.3. The molecule has 5 atom stereocenters.